The summed E-state index contributed by atoms with van der Waals surface area (Å²) in [7, 11) is 1.70. The first-order valence-electron chi connectivity index (χ1n) is 8.22. The van der Waals surface area contributed by atoms with E-state index in [0.717, 1.165) is 22.6 Å². The van der Waals surface area contributed by atoms with E-state index in [9.17, 15) is 4.79 Å². The van der Waals surface area contributed by atoms with Gasteiger partial charge in [0, 0.05) is 29.0 Å². The van der Waals surface area contributed by atoms with Gasteiger partial charge >= 0.3 is 0 Å². The number of methoxy groups -OCH3 is 1. The number of hydrogen-bond donors (Lipinski definition) is 1. The molecule has 2 aromatic heterocycles. The molecule has 0 aliphatic rings. The number of thiophene rings is 1. The zero-order chi connectivity index (χ0) is 18.4. The summed E-state index contributed by atoms with van der Waals surface area (Å²) in [6, 6.07) is 10.3. The summed E-state index contributed by atoms with van der Waals surface area (Å²) in [6.07, 6.45) is 4.28. The van der Waals surface area contributed by atoms with Crippen LogP contribution in [0.1, 0.15) is 16.0 Å². The van der Waals surface area contributed by atoms with Gasteiger partial charge in [0.2, 0.25) is 5.91 Å². The van der Waals surface area contributed by atoms with Crippen molar-refractivity contribution >= 4 is 39.8 Å². The van der Waals surface area contributed by atoms with Gasteiger partial charge in [-0.2, -0.15) is 0 Å². The molecule has 1 N–H and O–H groups in total. The maximum Gasteiger partial charge on any atom is 0.250 e. The molecule has 3 rings (SSSR count). The van der Waals surface area contributed by atoms with E-state index in [0.29, 0.717) is 11.7 Å². The van der Waals surface area contributed by atoms with E-state index >= 15 is 0 Å². The van der Waals surface area contributed by atoms with E-state index in [1.54, 1.807) is 24.5 Å². The second kappa shape index (κ2) is 8.89. The number of ether oxygens (including phenoxy) is 1. The van der Waals surface area contributed by atoms with Crippen LogP contribution in [0.25, 0.3) is 17.3 Å². The van der Waals surface area contributed by atoms with E-state index in [4.69, 9.17) is 4.74 Å². The van der Waals surface area contributed by atoms with Crippen LogP contribution < -0.4 is 5.32 Å². The number of carbonyl (C=O) groups is 1. The van der Waals surface area contributed by atoms with Crippen LogP contribution in [0.2, 0.25) is 0 Å². The van der Waals surface area contributed by atoms with Crippen molar-refractivity contribution in [3.63, 3.8) is 0 Å². The third-order valence-corrected chi connectivity index (χ3v) is 5.61. The van der Waals surface area contributed by atoms with Crippen LogP contribution in [0.15, 0.2) is 47.2 Å². The Morgan fingerprint density at radius 2 is 2.04 bits per heavy atom. The summed E-state index contributed by atoms with van der Waals surface area (Å²) in [6.45, 7) is 2.74. The number of amides is 1. The number of benzene rings is 1. The number of thiazole rings is 1. The van der Waals surface area contributed by atoms with E-state index in [-0.39, 0.29) is 5.91 Å². The van der Waals surface area contributed by atoms with Crippen molar-refractivity contribution < 1.29 is 9.53 Å². The Bertz CT molecular complexity index is 895. The highest BCUT2D eigenvalue weighted by molar-refractivity contribution is 7.14. The fraction of sp³-hybridized carbons (Fsp3) is 0.200. The third kappa shape index (κ3) is 4.88. The molecule has 0 saturated carbocycles. The van der Waals surface area contributed by atoms with Crippen molar-refractivity contribution in [3.05, 3.63) is 63.2 Å². The van der Waals surface area contributed by atoms with Crippen LogP contribution in [0, 0.1) is 6.92 Å². The summed E-state index contributed by atoms with van der Waals surface area (Å²) in [5.74, 6) is -0.173. The van der Waals surface area contributed by atoms with Crippen LogP contribution in [0.5, 0.6) is 0 Å². The van der Waals surface area contributed by atoms with Gasteiger partial charge in [-0.05, 0) is 42.0 Å². The van der Waals surface area contributed by atoms with Crippen LogP contribution in [0.3, 0.4) is 0 Å². The topological polar surface area (TPSA) is 51.2 Å². The summed E-state index contributed by atoms with van der Waals surface area (Å²) in [4.78, 5) is 17.7. The standard InChI is InChI=1S/C20H20N2O2S2/c1-14-10-12-25-18(14)7-8-19(23)22-20-21-17(13-26-20)16-5-3-15(4-6-16)9-11-24-2/h3-8,10,12-13H,9,11H2,1-2H3,(H,21,22,23). The predicted octanol–water partition coefficient (Wildman–Crippen LogP) is 5.02. The summed E-state index contributed by atoms with van der Waals surface area (Å²) >= 11 is 3.04. The minimum Gasteiger partial charge on any atom is -0.384 e. The van der Waals surface area contributed by atoms with E-state index < -0.39 is 0 Å². The lowest BCUT2D eigenvalue weighted by Crippen LogP contribution is -2.07. The highest BCUT2D eigenvalue weighted by Crippen LogP contribution is 2.25. The molecule has 0 unspecified atom stereocenters. The quantitative estimate of drug-likeness (QED) is 0.582. The molecule has 0 aliphatic heterocycles. The fourth-order valence-electron chi connectivity index (χ4n) is 2.38. The van der Waals surface area contributed by atoms with Crippen molar-refractivity contribution in [2.75, 3.05) is 19.0 Å². The average Bonchev–Trinajstić information content (AvgIpc) is 3.27. The van der Waals surface area contributed by atoms with Gasteiger partial charge in [0.05, 0.1) is 12.3 Å². The molecule has 1 amide bonds. The normalized spacial score (nSPS) is 11.2. The molecule has 1 aromatic carbocycles. The molecule has 0 fully saturated rings. The van der Waals surface area contributed by atoms with Crippen LogP contribution in [-0.4, -0.2) is 24.6 Å². The average molecular weight is 385 g/mol. The SMILES string of the molecule is COCCc1ccc(-c2csc(NC(=O)C=Cc3sccc3C)n2)cc1. The first kappa shape index (κ1) is 18.5. The summed E-state index contributed by atoms with van der Waals surface area (Å²) < 4.78 is 5.10. The van der Waals surface area contributed by atoms with Crippen molar-refractivity contribution in [2.45, 2.75) is 13.3 Å². The Balaban J connectivity index is 1.61. The zero-order valence-electron chi connectivity index (χ0n) is 14.7. The first-order valence-corrected chi connectivity index (χ1v) is 9.98. The predicted molar refractivity (Wildman–Crippen MR) is 110 cm³/mol. The van der Waals surface area contributed by atoms with Gasteiger partial charge in [-0.1, -0.05) is 24.3 Å². The molecule has 0 atom stereocenters. The Kier molecular flexibility index (Phi) is 6.33. The molecule has 26 heavy (non-hydrogen) atoms. The molecular formula is C20H20N2O2S2. The Hall–Kier alpha value is -2.28. The van der Waals surface area contributed by atoms with Gasteiger partial charge in [0.15, 0.2) is 5.13 Å². The maximum absolute atomic E-state index is 12.1. The van der Waals surface area contributed by atoms with Gasteiger partial charge in [-0.3, -0.25) is 10.1 Å². The molecule has 0 spiro atoms. The van der Waals surface area contributed by atoms with E-state index in [2.05, 4.69) is 22.4 Å². The molecule has 0 aliphatic carbocycles. The Morgan fingerprint density at radius 1 is 1.23 bits per heavy atom. The second-order valence-electron chi connectivity index (χ2n) is 5.77. The van der Waals surface area contributed by atoms with Crippen molar-refractivity contribution in [2.24, 2.45) is 0 Å². The lowest BCUT2D eigenvalue weighted by Gasteiger charge is -2.02. The highest BCUT2D eigenvalue weighted by Gasteiger charge is 2.07. The molecule has 4 nitrogen and oxygen atoms in total. The van der Waals surface area contributed by atoms with Crippen molar-refractivity contribution in [1.82, 2.24) is 4.98 Å². The van der Waals surface area contributed by atoms with Crippen LogP contribution in [-0.2, 0) is 16.0 Å². The van der Waals surface area contributed by atoms with Gasteiger partial charge in [0.25, 0.3) is 0 Å². The van der Waals surface area contributed by atoms with E-state index in [1.807, 2.05) is 42.0 Å². The number of hydrogen-bond acceptors (Lipinski definition) is 5. The maximum atomic E-state index is 12.1. The first-order chi connectivity index (χ1) is 12.7. The van der Waals surface area contributed by atoms with Gasteiger partial charge in [-0.25, -0.2) is 4.98 Å². The Labute approximate surface area is 161 Å². The molecule has 0 radical (unpaired) electrons. The number of aromatic nitrogens is 1. The smallest absolute Gasteiger partial charge is 0.250 e. The monoisotopic (exact) mass is 384 g/mol. The molecule has 134 valence electrons. The minimum absolute atomic E-state index is 0.173. The van der Waals surface area contributed by atoms with Crippen molar-refractivity contribution in [3.8, 4) is 11.3 Å². The summed E-state index contributed by atoms with van der Waals surface area (Å²) in [5.41, 5.74) is 4.30. The highest BCUT2D eigenvalue weighted by atomic mass is 32.1. The van der Waals surface area contributed by atoms with Crippen LogP contribution >= 0.6 is 22.7 Å². The molecular weight excluding hydrogens is 364 g/mol. The molecule has 6 heteroatoms. The van der Waals surface area contributed by atoms with E-state index in [1.165, 1.54) is 22.5 Å². The number of rotatable bonds is 7. The lowest BCUT2D eigenvalue weighted by atomic mass is 10.1. The largest absolute Gasteiger partial charge is 0.384 e. The van der Waals surface area contributed by atoms with Gasteiger partial charge in [0.1, 0.15) is 0 Å². The second-order valence-corrected chi connectivity index (χ2v) is 7.57. The number of anilines is 1. The number of nitrogens with zero attached hydrogens (tertiary/aromatic N) is 1. The zero-order valence-corrected chi connectivity index (χ0v) is 16.3. The Morgan fingerprint density at radius 3 is 2.73 bits per heavy atom. The fourth-order valence-corrected chi connectivity index (χ4v) is 3.92. The number of nitrogens with one attached hydrogen (secondary N) is 1. The molecule has 2 heterocycles. The molecule has 3 aromatic rings. The van der Waals surface area contributed by atoms with Crippen LogP contribution in [0.4, 0.5) is 5.13 Å². The number of carbonyl (C=O) groups excluding carboxylic acids is 1. The minimum atomic E-state index is -0.173. The third-order valence-electron chi connectivity index (χ3n) is 3.87. The van der Waals surface area contributed by atoms with Crippen molar-refractivity contribution in [1.29, 1.82) is 0 Å². The van der Waals surface area contributed by atoms with Gasteiger partial charge in [-0.15, -0.1) is 22.7 Å². The van der Waals surface area contributed by atoms with Gasteiger partial charge < -0.3 is 4.74 Å². The number of aryl methyl sites for hydroxylation is 1. The molecule has 0 saturated heterocycles. The molecule has 0 bridgehead atoms. The lowest BCUT2D eigenvalue weighted by molar-refractivity contribution is -0.111. The summed E-state index contributed by atoms with van der Waals surface area (Å²) in [5, 5.41) is 7.39.